The van der Waals surface area contributed by atoms with Crippen molar-refractivity contribution in [1.29, 1.82) is 0 Å². The van der Waals surface area contributed by atoms with Crippen molar-refractivity contribution in [2.45, 2.75) is 33.2 Å². The molecule has 0 heterocycles. The summed E-state index contributed by atoms with van der Waals surface area (Å²) in [7, 11) is 0. The van der Waals surface area contributed by atoms with Crippen molar-refractivity contribution >= 4 is 5.91 Å². The number of carbonyl (C=O) groups excluding carboxylic acids is 1. The van der Waals surface area contributed by atoms with Gasteiger partial charge in [0.1, 0.15) is 0 Å². The van der Waals surface area contributed by atoms with E-state index in [-0.39, 0.29) is 11.9 Å². The number of hydrogen-bond donors (Lipinski definition) is 3. The number of nitrogens with one attached hydrogen (secondary N) is 2. The van der Waals surface area contributed by atoms with Crippen LogP contribution in [0.3, 0.4) is 0 Å². The maximum absolute atomic E-state index is 11.4. The Morgan fingerprint density at radius 1 is 1.29 bits per heavy atom. The number of nitrogens with two attached hydrogens (primary N) is 1. The van der Waals surface area contributed by atoms with Gasteiger partial charge in [-0.1, -0.05) is 13.8 Å². The Balaban J connectivity index is 3.77. The lowest BCUT2D eigenvalue weighted by molar-refractivity contribution is -0.121. The van der Waals surface area contributed by atoms with Crippen LogP contribution in [-0.4, -0.2) is 56.1 Å². The lowest BCUT2D eigenvalue weighted by atomic mass is 10.2. The van der Waals surface area contributed by atoms with Gasteiger partial charge in [-0.2, -0.15) is 0 Å². The summed E-state index contributed by atoms with van der Waals surface area (Å²) < 4.78 is 0. The molecule has 0 aromatic carbocycles. The van der Waals surface area contributed by atoms with Gasteiger partial charge in [-0.05, 0) is 20.0 Å². The number of carbonyl (C=O) groups is 1. The van der Waals surface area contributed by atoms with Crippen LogP contribution in [0.5, 0.6) is 0 Å². The zero-order valence-corrected chi connectivity index (χ0v) is 11.5. The zero-order valence-electron chi connectivity index (χ0n) is 11.5. The number of likely N-dealkylation sites (N-methyl/N-ethyl adjacent to an activating group) is 1. The van der Waals surface area contributed by atoms with Crippen LogP contribution in [-0.2, 0) is 4.79 Å². The Morgan fingerprint density at radius 2 is 1.94 bits per heavy atom. The second kappa shape index (κ2) is 10.5. The standard InChI is InChI=1S/C12H28N4O/c1-4-14-12(17)9-11(10-13)15-7-8-16(5-2)6-3/h11,15H,4-10,13H2,1-3H3,(H,14,17). The highest BCUT2D eigenvalue weighted by molar-refractivity contribution is 5.76. The molecule has 5 nitrogen and oxygen atoms in total. The summed E-state index contributed by atoms with van der Waals surface area (Å²) in [5.74, 6) is 0.0679. The molecular formula is C12H28N4O. The third kappa shape index (κ3) is 8.12. The quantitative estimate of drug-likeness (QED) is 0.496. The van der Waals surface area contributed by atoms with Gasteiger partial charge in [-0.3, -0.25) is 4.79 Å². The summed E-state index contributed by atoms with van der Waals surface area (Å²) >= 11 is 0. The van der Waals surface area contributed by atoms with E-state index in [2.05, 4.69) is 29.4 Å². The first-order chi connectivity index (χ1) is 8.17. The van der Waals surface area contributed by atoms with E-state index >= 15 is 0 Å². The van der Waals surface area contributed by atoms with Gasteiger partial charge in [0.05, 0.1) is 0 Å². The van der Waals surface area contributed by atoms with Gasteiger partial charge in [-0.15, -0.1) is 0 Å². The first-order valence-corrected chi connectivity index (χ1v) is 6.60. The second-order valence-electron chi connectivity index (χ2n) is 4.07. The molecular weight excluding hydrogens is 216 g/mol. The molecule has 5 heteroatoms. The second-order valence-corrected chi connectivity index (χ2v) is 4.07. The lowest BCUT2D eigenvalue weighted by Gasteiger charge is -2.21. The van der Waals surface area contributed by atoms with E-state index in [1.165, 1.54) is 0 Å². The van der Waals surface area contributed by atoms with Crippen LogP contribution in [0.2, 0.25) is 0 Å². The Bertz CT molecular complexity index is 195. The van der Waals surface area contributed by atoms with Gasteiger partial charge in [0.2, 0.25) is 5.91 Å². The first kappa shape index (κ1) is 16.4. The minimum Gasteiger partial charge on any atom is -0.356 e. The van der Waals surface area contributed by atoms with Gasteiger partial charge in [-0.25, -0.2) is 0 Å². The summed E-state index contributed by atoms with van der Waals surface area (Å²) in [6, 6.07) is 0.0807. The number of nitrogens with zero attached hydrogens (tertiary/aromatic N) is 1. The number of hydrogen-bond acceptors (Lipinski definition) is 4. The maximum atomic E-state index is 11.4. The van der Waals surface area contributed by atoms with Crippen LogP contribution in [0.15, 0.2) is 0 Å². The van der Waals surface area contributed by atoms with Crippen LogP contribution < -0.4 is 16.4 Å². The van der Waals surface area contributed by atoms with E-state index in [0.29, 0.717) is 19.5 Å². The molecule has 1 amide bonds. The third-order valence-electron chi connectivity index (χ3n) is 2.85. The fourth-order valence-corrected chi connectivity index (χ4v) is 1.70. The van der Waals surface area contributed by atoms with Crippen LogP contribution in [0.4, 0.5) is 0 Å². The molecule has 0 spiro atoms. The molecule has 1 atom stereocenters. The Hall–Kier alpha value is -0.650. The minimum atomic E-state index is 0.0679. The van der Waals surface area contributed by atoms with Gasteiger partial charge in [0, 0.05) is 38.6 Å². The molecule has 4 N–H and O–H groups in total. The minimum absolute atomic E-state index is 0.0679. The Kier molecular flexibility index (Phi) is 10.1. The van der Waals surface area contributed by atoms with E-state index in [1.807, 2.05) is 6.92 Å². The summed E-state index contributed by atoms with van der Waals surface area (Å²) in [6.45, 7) is 11.4. The van der Waals surface area contributed by atoms with Crippen molar-refractivity contribution in [2.75, 3.05) is 39.3 Å². The zero-order chi connectivity index (χ0) is 13.1. The largest absolute Gasteiger partial charge is 0.356 e. The molecule has 0 fully saturated rings. The predicted octanol–water partition coefficient (Wildman–Crippen LogP) is -0.229. The predicted molar refractivity (Wildman–Crippen MR) is 71.9 cm³/mol. The molecule has 1 unspecified atom stereocenters. The van der Waals surface area contributed by atoms with E-state index in [0.717, 1.165) is 26.2 Å². The SMILES string of the molecule is CCNC(=O)CC(CN)NCCN(CC)CC. The molecule has 0 saturated carbocycles. The molecule has 0 rings (SSSR count). The maximum Gasteiger partial charge on any atom is 0.221 e. The molecule has 0 aliphatic carbocycles. The fourth-order valence-electron chi connectivity index (χ4n) is 1.70. The number of amides is 1. The van der Waals surface area contributed by atoms with Gasteiger partial charge in [0.25, 0.3) is 0 Å². The molecule has 0 bridgehead atoms. The third-order valence-corrected chi connectivity index (χ3v) is 2.85. The average molecular weight is 244 g/mol. The Morgan fingerprint density at radius 3 is 2.41 bits per heavy atom. The van der Waals surface area contributed by atoms with Crippen molar-refractivity contribution in [1.82, 2.24) is 15.5 Å². The monoisotopic (exact) mass is 244 g/mol. The molecule has 17 heavy (non-hydrogen) atoms. The van der Waals surface area contributed by atoms with Gasteiger partial charge < -0.3 is 21.3 Å². The molecule has 102 valence electrons. The van der Waals surface area contributed by atoms with Crippen molar-refractivity contribution in [3.05, 3.63) is 0 Å². The van der Waals surface area contributed by atoms with E-state index in [1.54, 1.807) is 0 Å². The summed E-state index contributed by atoms with van der Waals surface area (Å²) in [5, 5.41) is 6.12. The first-order valence-electron chi connectivity index (χ1n) is 6.60. The van der Waals surface area contributed by atoms with Crippen LogP contribution in [0, 0.1) is 0 Å². The van der Waals surface area contributed by atoms with Crippen molar-refractivity contribution in [3.8, 4) is 0 Å². The van der Waals surface area contributed by atoms with Crippen LogP contribution in [0.25, 0.3) is 0 Å². The lowest BCUT2D eigenvalue weighted by Crippen LogP contribution is -2.43. The van der Waals surface area contributed by atoms with E-state index in [4.69, 9.17) is 5.73 Å². The summed E-state index contributed by atoms with van der Waals surface area (Å²) in [6.07, 6.45) is 0.461. The van der Waals surface area contributed by atoms with Crippen molar-refractivity contribution in [2.24, 2.45) is 5.73 Å². The molecule has 0 aromatic heterocycles. The van der Waals surface area contributed by atoms with Crippen molar-refractivity contribution in [3.63, 3.8) is 0 Å². The molecule has 0 saturated heterocycles. The number of rotatable bonds is 10. The highest BCUT2D eigenvalue weighted by atomic mass is 16.1. The van der Waals surface area contributed by atoms with Gasteiger partial charge >= 0.3 is 0 Å². The fraction of sp³-hybridized carbons (Fsp3) is 0.917. The normalized spacial score (nSPS) is 12.8. The molecule has 0 aliphatic heterocycles. The smallest absolute Gasteiger partial charge is 0.221 e. The van der Waals surface area contributed by atoms with E-state index in [9.17, 15) is 4.79 Å². The summed E-state index contributed by atoms with van der Waals surface area (Å²) in [4.78, 5) is 13.7. The Labute approximate surface area is 105 Å². The van der Waals surface area contributed by atoms with Crippen molar-refractivity contribution < 1.29 is 4.79 Å². The highest BCUT2D eigenvalue weighted by Crippen LogP contribution is 1.91. The summed E-state index contributed by atoms with van der Waals surface area (Å²) in [5.41, 5.74) is 5.64. The van der Waals surface area contributed by atoms with E-state index < -0.39 is 0 Å². The van der Waals surface area contributed by atoms with Gasteiger partial charge in [0.15, 0.2) is 0 Å². The van der Waals surface area contributed by atoms with Crippen LogP contribution >= 0.6 is 0 Å². The molecule has 0 aliphatic rings. The van der Waals surface area contributed by atoms with Crippen LogP contribution in [0.1, 0.15) is 27.2 Å². The highest BCUT2D eigenvalue weighted by Gasteiger charge is 2.11. The topological polar surface area (TPSA) is 70.4 Å². The molecule has 0 radical (unpaired) electrons. The average Bonchev–Trinajstić information content (AvgIpc) is 2.33. The molecule has 0 aromatic rings.